The minimum Gasteiger partial charge on any atom is -0.461 e. The summed E-state index contributed by atoms with van der Waals surface area (Å²) in [4.78, 5) is 37.4. The van der Waals surface area contributed by atoms with Gasteiger partial charge in [-0.3, -0.25) is 9.59 Å². The van der Waals surface area contributed by atoms with E-state index >= 15 is 0 Å². The molecule has 0 aromatic rings. The molecule has 0 radical (unpaired) electrons. The van der Waals surface area contributed by atoms with Crippen LogP contribution in [0.2, 0.25) is 0 Å². The second-order valence-corrected chi connectivity index (χ2v) is 9.87. The van der Waals surface area contributed by atoms with Crippen LogP contribution >= 0.6 is 22.6 Å². The lowest BCUT2D eigenvalue weighted by Gasteiger charge is -2.39. The molecule has 0 unspecified atom stereocenters. The van der Waals surface area contributed by atoms with Gasteiger partial charge in [-0.1, -0.05) is 43.4 Å². The first-order valence-corrected chi connectivity index (χ1v) is 10.4. The molecule has 0 aliphatic carbocycles. The molecule has 156 valence electrons. The Morgan fingerprint density at radius 1 is 1.26 bits per heavy atom. The Bertz CT molecular complexity index is 579. The fraction of sp³-hybridized carbons (Fsp3) is 0.833. The van der Waals surface area contributed by atoms with E-state index in [0.29, 0.717) is 10.8 Å². The van der Waals surface area contributed by atoms with Gasteiger partial charge in [0.15, 0.2) is 0 Å². The van der Waals surface area contributed by atoms with E-state index in [1.807, 2.05) is 0 Å². The van der Waals surface area contributed by atoms with E-state index in [4.69, 9.17) is 9.47 Å². The Morgan fingerprint density at radius 3 is 2.22 bits per heavy atom. The van der Waals surface area contributed by atoms with Crippen molar-refractivity contribution in [2.24, 2.45) is 11.3 Å². The normalized spacial score (nSPS) is 23.8. The van der Waals surface area contributed by atoms with Gasteiger partial charge in [0.2, 0.25) is 5.91 Å². The van der Waals surface area contributed by atoms with E-state index in [9.17, 15) is 19.5 Å². The summed E-state index contributed by atoms with van der Waals surface area (Å²) in [5.41, 5.74) is -2.98. The zero-order valence-corrected chi connectivity index (χ0v) is 19.2. The molecule has 8 nitrogen and oxygen atoms in total. The van der Waals surface area contributed by atoms with Gasteiger partial charge in [0.1, 0.15) is 23.5 Å². The number of hydrogen-bond acceptors (Lipinski definition) is 6. The summed E-state index contributed by atoms with van der Waals surface area (Å²) < 4.78 is 11.1. The average Bonchev–Trinajstić information content (AvgIpc) is 2.82. The van der Waals surface area contributed by atoms with E-state index in [1.165, 1.54) is 6.92 Å². The second-order valence-electron chi connectivity index (χ2n) is 8.99. The van der Waals surface area contributed by atoms with E-state index in [1.54, 1.807) is 41.5 Å². The van der Waals surface area contributed by atoms with Crippen LogP contribution in [0.15, 0.2) is 0 Å². The van der Waals surface area contributed by atoms with Crippen LogP contribution in [0.25, 0.3) is 0 Å². The molecular formula is C18H31IN2O6. The molecule has 1 saturated heterocycles. The SMILES string of the molecule is CC(C)(C)OC(=O)N[C@@H](C(=O)N[C@](C)(O)C(C)(C)C)[C@@H]1C[C@H](CI)OC1=O. The smallest absolute Gasteiger partial charge is 0.408 e. The molecule has 0 bridgehead atoms. The molecule has 0 aromatic carbocycles. The van der Waals surface area contributed by atoms with Crippen LogP contribution in [0.5, 0.6) is 0 Å². The van der Waals surface area contributed by atoms with E-state index in [0.717, 1.165) is 0 Å². The van der Waals surface area contributed by atoms with Crippen LogP contribution in [-0.4, -0.2) is 51.0 Å². The van der Waals surface area contributed by atoms with Crippen LogP contribution < -0.4 is 10.6 Å². The fourth-order valence-electron chi connectivity index (χ4n) is 2.33. The van der Waals surface area contributed by atoms with Crippen molar-refractivity contribution in [3.63, 3.8) is 0 Å². The van der Waals surface area contributed by atoms with Crippen molar-refractivity contribution in [3.05, 3.63) is 0 Å². The number of amides is 2. The summed E-state index contributed by atoms with van der Waals surface area (Å²) in [7, 11) is 0. The Morgan fingerprint density at radius 2 is 1.81 bits per heavy atom. The van der Waals surface area contributed by atoms with Gasteiger partial charge in [0.25, 0.3) is 0 Å². The van der Waals surface area contributed by atoms with Crippen LogP contribution in [0.4, 0.5) is 4.79 Å². The monoisotopic (exact) mass is 498 g/mol. The van der Waals surface area contributed by atoms with Crippen molar-refractivity contribution in [2.45, 2.75) is 78.4 Å². The lowest BCUT2D eigenvalue weighted by Crippen LogP contribution is -2.61. The first kappa shape index (κ1) is 23.9. The molecule has 27 heavy (non-hydrogen) atoms. The summed E-state index contributed by atoms with van der Waals surface area (Å²) in [6.45, 7) is 11.8. The van der Waals surface area contributed by atoms with Crippen LogP contribution in [0.1, 0.15) is 54.9 Å². The standard InChI is InChI=1S/C18H31IN2O6/c1-16(2,3)18(7,25)21-13(22)12(20-15(24)27-17(4,5)6)11-8-10(9-19)26-14(11)23/h10-12,25H,8-9H2,1-7H3,(H,20,24)(H,21,22)/t10-,11+,12-,18-/m1/s1. The summed E-state index contributed by atoms with van der Waals surface area (Å²) in [6.07, 6.45) is -0.835. The van der Waals surface area contributed by atoms with Crippen LogP contribution in [0.3, 0.4) is 0 Å². The highest BCUT2D eigenvalue weighted by Gasteiger charge is 2.46. The molecule has 1 aliphatic heterocycles. The van der Waals surface area contributed by atoms with E-state index in [2.05, 4.69) is 33.2 Å². The third kappa shape index (κ3) is 6.78. The maximum atomic E-state index is 12.9. The zero-order valence-electron chi connectivity index (χ0n) is 17.0. The Balaban J connectivity index is 3.05. The van der Waals surface area contributed by atoms with Crippen molar-refractivity contribution in [1.82, 2.24) is 10.6 Å². The first-order chi connectivity index (χ1) is 12.1. The minimum absolute atomic E-state index is 0.299. The van der Waals surface area contributed by atoms with Crippen molar-refractivity contribution in [1.29, 1.82) is 0 Å². The van der Waals surface area contributed by atoms with E-state index < -0.39 is 46.7 Å². The topological polar surface area (TPSA) is 114 Å². The number of ether oxygens (including phenoxy) is 2. The molecule has 0 spiro atoms. The maximum absolute atomic E-state index is 12.9. The number of alkyl carbamates (subject to hydrolysis) is 1. The Kier molecular flexibility index (Phi) is 7.54. The van der Waals surface area contributed by atoms with Gasteiger partial charge in [0.05, 0.1) is 5.92 Å². The molecule has 9 heteroatoms. The minimum atomic E-state index is -1.55. The molecule has 0 saturated carbocycles. The molecule has 1 heterocycles. The number of halogens is 1. The fourth-order valence-corrected chi connectivity index (χ4v) is 2.87. The van der Waals surface area contributed by atoms with Crippen molar-refractivity contribution in [2.75, 3.05) is 4.43 Å². The maximum Gasteiger partial charge on any atom is 0.408 e. The summed E-state index contributed by atoms with van der Waals surface area (Å²) in [5, 5.41) is 15.6. The largest absolute Gasteiger partial charge is 0.461 e. The highest BCUT2D eigenvalue weighted by molar-refractivity contribution is 14.1. The Labute approximate surface area is 174 Å². The number of hydrogen-bond donors (Lipinski definition) is 3. The van der Waals surface area contributed by atoms with Crippen LogP contribution in [0, 0.1) is 11.3 Å². The number of aliphatic hydroxyl groups is 1. The van der Waals surface area contributed by atoms with Crippen molar-refractivity contribution in [3.8, 4) is 0 Å². The average molecular weight is 498 g/mol. The number of cyclic esters (lactones) is 1. The molecule has 1 rings (SSSR count). The summed E-state index contributed by atoms with van der Waals surface area (Å²) in [5.74, 6) is -2.08. The molecule has 3 N–H and O–H groups in total. The predicted octanol–water partition coefficient (Wildman–Crippen LogP) is 2.12. The molecule has 1 fully saturated rings. The quantitative estimate of drug-likeness (QED) is 0.232. The Hall–Kier alpha value is -1.10. The number of esters is 1. The molecule has 2 amide bonds. The predicted molar refractivity (Wildman–Crippen MR) is 108 cm³/mol. The lowest BCUT2D eigenvalue weighted by molar-refractivity contribution is -0.149. The summed E-state index contributed by atoms with van der Waals surface area (Å²) >= 11 is 2.10. The molecule has 0 aromatic heterocycles. The third-order valence-corrected chi connectivity index (χ3v) is 5.44. The van der Waals surface area contributed by atoms with E-state index in [-0.39, 0.29) is 6.10 Å². The van der Waals surface area contributed by atoms with Gasteiger partial charge < -0.3 is 25.2 Å². The number of nitrogens with one attached hydrogen (secondary N) is 2. The number of carbonyl (C=O) groups is 3. The van der Waals surface area contributed by atoms with Gasteiger partial charge in [0, 0.05) is 16.3 Å². The van der Waals surface area contributed by atoms with Gasteiger partial charge in [-0.2, -0.15) is 0 Å². The second kappa shape index (κ2) is 8.50. The number of rotatable bonds is 5. The summed E-state index contributed by atoms with van der Waals surface area (Å²) in [6, 6.07) is -1.21. The molecule has 1 aliphatic rings. The molecule has 4 atom stereocenters. The van der Waals surface area contributed by atoms with Gasteiger partial charge in [-0.25, -0.2) is 4.79 Å². The molecular weight excluding hydrogens is 467 g/mol. The van der Waals surface area contributed by atoms with Gasteiger partial charge in [-0.05, 0) is 27.7 Å². The number of alkyl halides is 1. The van der Waals surface area contributed by atoms with Crippen molar-refractivity contribution < 1.29 is 29.0 Å². The van der Waals surface area contributed by atoms with Crippen molar-refractivity contribution >= 4 is 40.6 Å². The highest BCUT2D eigenvalue weighted by atomic mass is 127. The van der Waals surface area contributed by atoms with Gasteiger partial charge >= 0.3 is 12.1 Å². The number of carbonyl (C=O) groups excluding carboxylic acids is 3. The van der Waals surface area contributed by atoms with Crippen LogP contribution in [-0.2, 0) is 19.1 Å². The first-order valence-electron chi connectivity index (χ1n) is 8.88. The third-order valence-electron chi connectivity index (χ3n) is 4.46. The highest BCUT2D eigenvalue weighted by Crippen LogP contribution is 2.30. The lowest BCUT2D eigenvalue weighted by atomic mass is 9.83. The van der Waals surface area contributed by atoms with Gasteiger partial charge in [-0.15, -0.1) is 0 Å². The zero-order chi connectivity index (χ0) is 21.2.